The molecule has 0 atom stereocenters. The van der Waals surface area contributed by atoms with Crippen molar-refractivity contribution in [1.82, 2.24) is 20.3 Å². The number of amides is 1. The number of fused-ring (bicyclic) bond motifs is 1. The molecule has 1 N–H and O–H groups in total. The highest BCUT2D eigenvalue weighted by Crippen LogP contribution is 2.42. The molecule has 0 radical (unpaired) electrons. The standard InChI is InChI=1S/C36H36N4O3/c1-35(2,3)43-34(41)40-36(20-8-21-36)28-15-13-27(14-16-28)32-31(26-9-5-4-6-10-26)38-29-11-7-12-30(33(29)39-32)42-24-19-25-17-22-37-23-18-25/h4-7,9-18,22-23H,8,19-21,24H2,1-3H3,(H,40,41). The number of hydrogen-bond donors (Lipinski definition) is 1. The lowest BCUT2D eigenvalue weighted by atomic mass is 9.71. The van der Waals surface area contributed by atoms with Gasteiger partial charge in [0.2, 0.25) is 0 Å². The predicted octanol–water partition coefficient (Wildman–Crippen LogP) is 7.88. The SMILES string of the molecule is CC(C)(C)OC(=O)NC1(c2ccc(-c3nc4c(OCCc5ccncc5)cccc4nc3-c3ccccc3)cc2)CCC1. The molecule has 1 aliphatic rings. The van der Waals surface area contributed by atoms with Gasteiger partial charge in [-0.25, -0.2) is 14.8 Å². The van der Waals surface area contributed by atoms with Crippen LogP contribution in [0.1, 0.15) is 51.2 Å². The zero-order valence-electron chi connectivity index (χ0n) is 24.8. The van der Waals surface area contributed by atoms with Gasteiger partial charge in [-0.05, 0) is 75.4 Å². The summed E-state index contributed by atoms with van der Waals surface area (Å²) >= 11 is 0. The van der Waals surface area contributed by atoms with E-state index in [1.165, 1.54) is 5.56 Å². The Kier molecular flexibility index (Phi) is 7.80. The largest absolute Gasteiger partial charge is 0.491 e. The van der Waals surface area contributed by atoms with Crippen LogP contribution in [0.2, 0.25) is 0 Å². The first-order valence-corrected chi connectivity index (χ1v) is 14.8. The van der Waals surface area contributed by atoms with E-state index >= 15 is 0 Å². The average Bonchev–Trinajstić information content (AvgIpc) is 2.99. The van der Waals surface area contributed by atoms with Gasteiger partial charge in [-0.15, -0.1) is 0 Å². The molecule has 43 heavy (non-hydrogen) atoms. The number of rotatable bonds is 8. The van der Waals surface area contributed by atoms with E-state index in [1.807, 2.05) is 69.3 Å². The molecule has 0 bridgehead atoms. The molecule has 2 aromatic heterocycles. The maximum atomic E-state index is 12.7. The van der Waals surface area contributed by atoms with Gasteiger partial charge in [0.1, 0.15) is 16.9 Å². The molecule has 0 saturated heterocycles. The highest BCUT2D eigenvalue weighted by Gasteiger charge is 2.41. The van der Waals surface area contributed by atoms with Crippen molar-refractivity contribution in [2.24, 2.45) is 0 Å². The highest BCUT2D eigenvalue weighted by atomic mass is 16.6. The van der Waals surface area contributed by atoms with Crippen LogP contribution in [0.5, 0.6) is 5.75 Å². The molecule has 0 spiro atoms. The molecule has 1 fully saturated rings. The van der Waals surface area contributed by atoms with E-state index in [0.717, 1.165) is 64.8 Å². The van der Waals surface area contributed by atoms with Crippen LogP contribution in [0.4, 0.5) is 4.79 Å². The number of carbonyl (C=O) groups is 1. The van der Waals surface area contributed by atoms with Crippen molar-refractivity contribution < 1.29 is 14.3 Å². The third-order valence-electron chi connectivity index (χ3n) is 7.76. The Morgan fingerprint density at radius 3 is 2.21 bits per heavy atom. The molecule has 7 heteroatoms. The quantitative estimate of drug-likeness (QED) is 0.204. The van der Waals surface area contributed by atoms with Gasteiger partial charge >= 0.3 is 6.09 Å². The maximum absolute atomic E-state index is 12.7. The average molecular weight is 573 g/mol. The zero-order valence-corrected chi connectivity index (χ0v) is 24.8. The second-order valence-corrected chi connectivity index (χ2v) is 12.0. The lowest BCUT2D eigenvalue weighted by Crippen LogP contribution is -2.52. The fourth-order valence-corrected chi connectivity index (χ4v) is 5.46. The lowest BCUT2D eigenvalue weighted by Gasteiger charge is -2.43. The summed E-state index contributed by atoms with van der Waals surface area (Å²) in [5.74, 6) is 0.700. The molecule has 0 aliphatic heterocycles. The molecular weight excluding hydrogens is 536 g/mol. The third kappa shape index (κ3) is 6.36. The first kappa shape index (κ1) is 28.3. The van der Waals surface area contributed by atoms with Gasteiger partial charge in [-0.1, -0.05) is 60.7 Å². The molecule has 7 nitrogen and oxygen atoms in total. The zero-order chi connectivity index (χ0) is 29.9. The van der Waals surface area contributed by atoms with E-state index < -0.39 is 11.1 Å². The Bertz CT molecular complexity index is 1710. The number of aromatic nitrogens is 3. The number of nitrogens with zero attached hydrogens (tertiary/aromatic N) is 3. The second-order valence-electron chi connectivity index (χ2n) is 12.0. The van der Waals surface area contributed by atoms with E-state index in [2.05, 4.69) is 46.7 Å². The highest BCUT2D eigenvalue weighted by molar-refractivity contribution is 5.89. The van der Waals surface area contributed by atoms with Gasteiger partial charge < -0.3 is 14.8 Å². The van der Waals surface area contributed by atoms with Crippen LogP contribution in [0.25, 0.3) is 33.5 Å². The Balaban J connectivity index is 1.34. The summed E-state index contributed by atoms with van der Waals surface area (Å²) in [4.78, 5) is 27.0. The van der Waals surface area contributed by atoms with Crippen molar-refractivity contribution in [2.45, 2.75) is 57.6 Å². The van der Waals surface area contributed by atoms with Crippen LogP contribution >= 0.6 is 0 Å². The molecule has 1 aliphatic carbocycles. The van der Waals surface area contributed by atoms with Crippen molar-refractivity contribution >= 4 is 17.1 Å². The van der Waals surface area contributed by atoms with Gasteiger partial charge in [0.15, 0.2) is 0 Å². The van der Waals surface area contributed by atoms with Crippen molar-refractivity contribution in [1.29, 1.82) is 0 Å². The molecule has 6 rings (SSSR count). The molecule has 5 aromatic rings. The molecule has 3 aromatic carbocycles. The predicted molar refractivity (Wildman–Crippen MR) is 169 cm³/mol. The summed E-state index contributed by atoms with van der Waals surface area (Å²) in [6, 6.07) is 28.3. The van der Waals surface area contributed by atoms with E-state index in [9.17, 15) is 4.79 Å². The summed E-state index contributed by atoms with van der Waals surface area (Å²) in [5, 5.41) is 3.15. The second kappa shape index (κ2) is 11.8. The summed E-state index contributed by atoms with van der Waals surface area (Å²) in [5.41, 5.74) is 6.25. The minimum absolute atomic E-state index is 0.389. The van der Waals surface area contributed by atoms with E-state index in [4.69, 9.17) is 19.4 Å². The Hall–Kier alpha value is -4.78. The molecular formula is C36H36N4O3. The summed E-state index contributed by atoms with van der Waals surface area (Å²) < 4.78 is 11.8. The fourth-order valence-electron chi connectivity index (χ4n) is 5.46. The lowest BCUT2D eigenvalue weighted by molar-refractivity contribution is 0.0377. The van der Waals surface area contributed by atoms with Crippen LogP contribution in [0, 0.1) is 0 Å². The molecule has 2 heterocycles. The molecule has 1 amide bonds. The minimum Gasteiger partial charge on any atom is -0.491 e. The minimum atomic E-state index is -0.553. The van der Waals surface area contributed by atoms with Crippen LogP contribution in [0.15, 0.2) is 97.3 Å². The van der Waals surface area contributed by atoms with Gasteiger partial charge in [-0.2, -0.15) is 0 Å². The fraction of sp³-hybridized carbons (Fsp3) is 0.278. The normalized spacial score (nSPS) is 14.1. The van der Waals surface area contributed by atoms with Crippen LogP contribution in [-0.2, 0) is 16.7 Å². The van der Waals surface area contributed by atoms with Gasteiger partial charge in [0, 0.05) is 29.9 Å². The van der Waals surface area contributed by atoms with Crippen molar-refractivity contribution in [2.75, 3.05) is 6.61 Å². The smallest absolute Gasteiger partial charge is 0.408 e. The number of nitrogens with one attached hydrogen (secondary N) is 1. The van der Waals surface area contributed by atoms with Crippen molar-refractivity contribution in [3.63, 3.8) is 0 Å². The Morgan fingerprint density at radius 2 is 1.53 bits per heavy atom. The maximum Gasteiger partial charge on any atom is 0.408 e. The van der Waals surface area contributed by atoms with Crippen molar-refractivity contribution in [3.05, 3.63) is 108 Å². The Labute approximate surface area is 252 Å². The number of alkyl carbamates (subject to hydrolysis) is 1. The molecule has 0 unspecified atom stereocenters. The topological polar surface area (TPSA) is 86.2 Å². The number of ether oxygens (including phenoxy) is 2. The first-order valence-electron chi connectivity index (χ1n) is 14.8. The summed E-state index contributed by atoms with van der Waals surface area (Å²) in [6.45, 7) is 6.14. The summed E-state index contributed by atoms with van der Waals surface area (Å²) in [6.07, 6.45) is 6.76. The van der Waals surface area contributed by atoms with Gasteiger partial charge in [0.05, 0.1) is 29.1 Å². The van der Waals surface area contributed by atoms with Crippen LogP contribution in [-0.4, -0.2) is 33.3 Å². The van der Waals surface area contributed by atoms with Crippen molar-refractivity contribution in [3.8, 4) is 28.3 Å². The van der Waals surface area contributed by atoms with Crippen LogP contribution in [0.3, 0.4) is 0 Å². The van der Waals surface area contributed by atoms with Crippen LogP contribution < -0.4 is 10.1 Å². The van der Waals surface area contributed by atoms with Gasteiger partial charge in [-0.3, -0.25) is 4.98 Å². The number of benzene rings is 3. The van der Waals surface area contributed by atoms with E-state index in [0.29, 0.717) is 12.4 Å². The monoisotopic (exact) mass is 572 g/mol. The van der Waals surface area contributed by atoms with E-state index in [-0.39, 0.29) is 6.09 Å². The van der Waals surface area contributed by atoms with Gasteiger partial charge in [0.25, 0.3) is 0 Å². The molecule has 218 valence electrons. The first-order chi connectivity index (χ1) is 20.8. The Morgan fingerprint density at radius 1 is 0.837 bits per heavy atom. The number of carbonyl (C=O) groups excluding carboxylic acids is 1. The number of pyridine rings is 1. The molecule has 1 saturated carbocycles. The number of hydrogen-bond acceptors (Lipinski definition) is 6. The third-order valence-corrected chi connectivity index (χ3v) is 7.76. The van der Waals surface area contributed by atoms with E-state index in [1.54, 1.807) is 12.4 Å². The number of para-hydroxylation sites is 1. The summed E-state index contributed by atoms with van der Waals surface area (Å²) in [7, 11) is 0.